The molecule has 1 fully saturated rings. The highest BCUT2D eigenvalue weighted by Gasteiger charge is 2.14. The summed E-state index contributed by atoms with van der Waals surface area (Å²) in [5.41, 5.74) is 6.06. The second-order valence-corrected chi connectivity index (χ2v) is 4.04. The van der Waals surface area contributed by atoms with Crippen molar-refractivity contribution < 1.29 is 4.74 Å². The second-order valence-electron chi connectivity index (χ2n) is 4.04. The van der Waals surface area contributed by atoms with Gasteiger partial charge in [-0.25, -0.2) is 9.97 Å². The quantitative estimate of drug-likeness (QED) is 0.737. The summed E-state index contributed by atoms with van der Waals surface area (Å²) in [5, 5.41) is 3.09. The van der Waals surface area contributed by atoms with E-state index in [9.17, 15) is 0 Å². The third kappa shape index (κ3) is 3.34. The van der Waals surface area contributed by atoms with Crippen molar-refractivity contribution in [3.63, 3.8) is 0 Å². The van der Waals surface area contributed by atoms with E-state index in [4.69, 9.17) is 10.5 Å². The molecule has 1 aromatic heterocycles. The van der Waals surface area contributed by atoms with Crippen molar-refractivity contribution >= 4 is 11.6 Å². The van der Waals surface area contributed by atoms with E-state index in [-0.39, 0.29) is 0 Å². The predicted molar refractivity (Wildman–Crippen MR) is 63.1 cm³/mol. The fraction of sp³-hybridized carbons (Fsp3) is 0.636. The van der Waals surface area contributed by atoms with Crippen LogP contribution < -0.4 is 11.1 Å². The molecule has 2 rings (SSSR count). The van der Waals surface area contributed by atoms with Crippen LogP contribution in [0.25, 0.3) is 0 Å². The highest BCUT2D eigenvalue weighted by Crippen LogP contribution is 2.20. The topological polar surface area (TPSA) is 73.1 Å². The summed E-state index contributed by atoms with van der Waals surface area (Å²) in [4.78, 5) is 8.09. The summed E-state index contributed by atoms with van der Waals surface area (Å²) >= 11 is 0. The van der Waals surface area contributed by atoms with Crippen LogP contribution in [0.4, 0.5) is 11.6 Å². The molecular formula is C11H18N4O. The Morgan fingerprint density at radius 1 is 1.31 bits per heavy atom. The number of rotatable bonds is 5. The fourth-order valence-corrected chi connectivity index (χ4v) is 1.87. The molecular weight excluding hydrogens is 204 g/mol. The summed E-state index contributed by atoms with van der Waals surface area (Å²) < 4.78 is 5.71. The van der Waals surface area contributed by atoms with Gasteiger partial charge in [-0.1, -0.05) is 12.8 Å². The lowest BCUT2D eigenvalue weighted by molar-refractivity contribution is 0.0658. The first kappa shape index (κ1) is 11.1. The molecule has 0 aromatic carbocycles. The number of nitrogens with zero attached hydrogens (tertiary/aromatic N) is 2. The Morgan fingerprint density at radius 2 is 2.00 bits per heavy atom. The predicted octanol–water partition coefficient (Wildman–Crippen LogP) is 1.43. The first-order valence-corrected chi connectivity index (χ1v) is 5.77. The molecule has 0 saturated heterocycles. The Bertz CT molecular complexity index is 308. The molecule has 88 valence electrons. The molecule has 0 radical (unpaired) electrons. The zero-order chi connectivity index (χ0) is 11.2. The van der Waals surface area contributed by atoms with Crippen molar-refractivity contribution in [3.8, 4) is 0 Å². The van der Waals surface area contributed by atoms with Crippen LogP contribution in [0.3, 0.4) is 0 Å². The highest BCUT2D eigenvalue weighted by molar-refractivity contribution is 5.35. The summed E-state index contributed by atoms with van der Waals surface area (Å²) in [6.45, 7) is 1.44. The number of ether oxygens (including phenoxy) is 1. The van der Waals surface area contributed by atoms with Gasteiger partial charge in [0.05, 0.1) is 30.8 Å². The monoisotopic (exact) mass is 222 g/mol. The van der Waals surface area contributed by atoms with Crippen LogP contribution in [0.15, 0.2) is 12.4 Å². The first-order chi connectivity index (χ1) is 7.84. The largest absolute Gasteiger partial charge is 0.396 e. The van der Waals surface area contributed by atoms with Crippen molar-refractivity contribution in [2.75, 3.05) is 24.2 Å². The van der Waals surface area contributed by atoms with Crippen LogP contribution in [0.1, 0.15) is 25.7 Å². The smallest absolute Gasteiger partial charge is 0.222 e. The van der Waals surface area contributed by atoms with Crippen LogP contribution in [0.2, 0.25) is 0 Å². The number of nitrogen functional groups attached to an aromatic ring is 1. The van der Waals surface area contributed by atoms with Gasteiger partial charge in [-0.3, -0.25) is 0 Å². The van der Waals surface area contributed by atoms with Crippen molar-refractivity contribution in [2.45, 2.75) is 31.8 Å². The van der Waals surface area contributed by atoms with Gasteiger partial charge in [0.1, 0.15) is 0 Å². The lowest BCUT2D eigenvalue weighted by atomic mass is 10.3. The summed E-state index contributed by atoms with van der Waals surface area (Å²) in [6, 6.07) is 0. The van der Waals surface area contributed by atoms with Gasteiger partial charge in [-0.2, -0.15) is 0 Å². The zero-order valence-electron chi connectivity index (χ0n) is 9.35. The van der Waals surface area contributed by atoms with Crippen molar-refractivity contribution in [2.24, 2.45) is 0 Å². The minimum absolute atomic E-state index is 0.467. The lowest BCUT2D eigenvalue weighted by Crippen LogP contribution is -2.16. The number of aromatic nitrogens is 2. The molecule has 5 heteroatoms. The van der Waals surface area contributed by atoms with E-state index in [1.165, 1.54) is 25.7 Å². The number of hydrogen-bond donors (Lipinski definition) is 2. The Labute approximate surface area is 95.4 Å². The average molecular weight is 222 g/mol. The van der Waals surface area contributed by atoms with E-state index in [1.54, 1.807) is 12.4 Å². The Hall–Kier alpha value is -1.36. The fourth-order valence-electron chi connectivity index (χ4n) is 1.87. The molecule has 0 bridgehead atoms. The summed E-state index contributed by atoms with van der Waals surface area (Å²) in [6.07, 6.45) is 8.67. The van der Waals surface area contributed by atoms with Crippen LogP contribution in [0, 0.1) is 0 Å². The molecule has 0 aliphatic heterocycles. The molecule has 0 unspecified atom stereocenters. The van der Waals surface area contributed by atoms with Gasteiger partial charge in [0.2, 0.25) is 5.95 Å². The van der Waals surface area contributed by atoms with E-state index >= 15 is 0 Å². The number of nitrogens with one attached hydrogen (secondary N) is 1. The van der Waals surface area contributed by atoms with Gasteiger partial charge in [-0.05, 0) is 12.8 Å². The van der Waals surface area contributed by atoms with E-state index in [0.717, 1.165) is 6.54 Å². The van der Waals surface area contributed by atoms with Gasteiger partial charge < -0.3 is 15.8 Å². The summed E-state index contributed by atoms with van der Waals surface area (Å²) in [5.74, 6) is 0.601. The number of nitrogens with two attached hydrogens (primary N) is 1. The molecule has 1 heterocycles. The zero-order valence-corrected chi connectivity index (χ0v) is 9.35. The highest BCUT2D eigenvalue weighted by atomic mass is 16.5. The molecule has 0 amide bonds. The molecule has 1 aromatic rings. The van der Waals surface area contributed by atoms with Crippen LogP contribution >= 0.6 is 0 Å². The van der Waals surface area contributed by atoms with Crippen molar-refractivity contribution in [3.05, 3.63) is 12.4 Å². The van der Waals surface area contributed by atoms with Gasteiger partial charge in [0.25, 0.3) is 0 Å². The third-order valence-corrected chi connectivity index (χ3v) is 2.71. The van der Waals surface area contributed by atoms with Crippen LogP contribution in [-0.4, -0.2) is 29.2 Å². The SMILES string of the molecule is Nc1cnc(NCCOC2CCCC2)nc1. The third-order valence-electron chi connectivity index (χ3n) is 2.71. The average Bonchev–Trinajstić information content (AvgIpc) is 2.80. The maximum absolute atomic E-state index is 5.71. The van der Waals surface area contributed by atoms with Gasteiger partial charge in [0, 0.05) is 6.54 Å². The van der Waals surface area contributed by atoms with E-state index in [0.29, 0.717) is 24.3 Å². The van der Waals surface area contributed by atoms with Gasteiger partial charge in [0.15, 0.2) is 0 Å². The van der Waals surface area contributed by atoms with E-state index in [2.05, 4.69) is 15.3 Å². The Kier molecular flexibility index (Phi) is 3.93. The molecule has 5 nitrogen and oxygen atoms in total. The van der Waals surface area contributed by atoms with Gasteiger partial charge in [-0.15, -0.1) is 0 Å². The molecule has 1 aliphatic rings. The Morgan fingerprint density at radius 3 is 2.69 bits per heavy atom. The maximum Gasteiger partial charge on any atom is 0.222 e. The van der Waals surface area contributed by atoms with E-state index in [1.807, 2.05) is 0 Å². The van der Waals surface area contributed by atoms with E-state index < -0.39 is 0 Å². The van der Waals surface area contributed by atoms with Crippen molar-refractivity contribution in [1.29, 1.82) is 0 Å². The van der Waals surface area contributed by atoms with Crippen molar-refractivity contribution in [1.82, 2.24) is 9.97 Å². The molecule has 0 atom stereocenters. The molecule has 1 saturated carbocycles. The lowest BCUT2D eigenvalue weighted by Gasteiger charge is -2.11. The first-order valence-electron chi connectivity index (χ1n) is 5.77. The normalized spacial score (nSPS) is 16.5. The molecule has 16 heavy (non-hydrogen) atoms. The summed E-state index contributed by atoms with van der Waals surface area (Å²) in [7, 11) is 0. The maximum atomic E-state index is 5.71. The standard InChI is InChI=1S/C11H18N4O/c12-9-7-14-11(15-8-9)13-5-6-16-10-3-1-2-4-10/h7-8,10H,1-6,12H2,(H,13,14,15). The molecule has 1 aliphatic carbocycles. The Balaban J connectivity index is 1.62. The minimum Gasteiger partial charge on any atom is -0.396 e. The number of anilines is 2. The van der Waals surface area contributed by atoms with Gasteiger partial charge >= 0.3 is 0 Å². The molecule has 0 spiro atoms. The minimum atomic E-state index is 0.467. The second kappa shape index (κ2) is 5.65. The number of hydrogen-bond acceptors (Lipinski definition) is 5. The molecule has 3 N–H and O–H groups in total. The van der Waals surface area contributed by atoms with Crippen LogP contribution in [-0.2, 0) is 4.74 Å². The van der Waals surface area contributed by atoms with Crippen LogP contribution in [0.5, 0.6) is 0 Å².